The fraction of sp³-hybridized carbons (Fsp3) is 0.600. The largest absolute Gasteiger partial charge is 0.345 e. The van der Waals surface area contributed by atoms with Crippen LogP contribution in [-0.2, 0) is 11.8 Å². The zero-order valence-corrected chi connectivity index (χ0v) is 8.59. The van der Waals surface area contributed by atoms with E-state index in [2.05, 4.69) is 4.98 Å². The van der Waals surface area contributed by atoms with Crippen molar-refractivity contribution in [2.24, 2.45) is 7.05 Å². The zero-order valence-electron chi connectivity index (χ0n) is 8.59. The molecule has 0 unspecified atom stereocenters. The van der Waals surface area contributed by atoms with Crippen LogP contribution in [0.1, 0.15) is 19.3 Å². The predicted molar refractivity (Wildman–Crippen MR) is 54.7 cm³/mol. The minimum atomic E-state index is 0.944. The van der Waals surface area contributed by atoms with Gasteiger partial charge < -0.3 is 9.47 Å². The second-order valence-corrected chi connectivity index (χ2v) is 3.43. The molecule has 4 heteroatoms. The molecular formula is C10H17N3O. The third-order valence-corrected chi connectivity index (χ3v) is 2.18. The summed E-state index contributed by atoms with van der Waals surface area (Å²) in [6, 6.07) is 0. The van der Waals surface area contributed by atoms with Gasteiger partial charge in [0, 0.05) is 32.5 Å². The number of carbonyl (C=O) groups is 1. The molecule has 4 nitrogen and oxygen atoms in total. The first-order valence-corrected chi connectivity index (χ1v) is 4.94. The molecule has 0 N–H and O–H groups in total. The SMILES string of the molecule is Cn1ccnc1.O=CN1CCCCC1. The molecule has 14 heavy (non-hydrogen) atoms. The Morgan fingerprint density at radius 2 is 2.00 bits per heavy atom. The van der Waals surface area contributed by atoms with Crippen LogP contribution in [-0.4, -0.2) is 34.0 Å². The number of amides is 1. The van der Waals surface area contributed by atoms with Crippen molar-refractivity contribution in [3.05, 3.63) is 18.7 Å². The van der Waals surface area contributed by atoms with Gasteiger partial charge >= 0.3 is 0 Å². The van der Waals surface area contributed by atoms with E-state index in [0.717, 1.165) is 19.5 Å². The van der Waals surface area contributed by atoms with Crippen LogP contribution in [0.5, 0.6) is 0 Å². The Hall–Kier alpha value is -1.32. The Morgan fingerprint density at radius 1 is 1.29 bits per heavy atom. The molecule has 0 radical (unpaired) electrons. The Balaban J connectivity index is 0.000000146. The van der Waals surface area contributed by atoms with E-state index in [9.17, 15) is 4.79 Å². The number of piperidine rings is 1. The Morgan fingerprint density at radius 3 is 2.29 bits per heavy atom. The van der Waals surface area contributed by atoms with Crippen LogP contribution in [0.3, 0.4) is 0 Å². The van der Waals surface area contributed by atoms with Crippen LogP contribution in [0.15, 0.2) is 18.7 Å². The van der Waals surface area contributed by atoms with Gasteiger partial charge in [-0.3, -0.25) is 4.79 Å². The molecule has 1 aliphatic rings. The van der Waals surface area contributed by atoms with Gasteiger partial charge in [0.15, 0.2) is 0 Å². The summed E-state index contributed by atoms with van der Waals surface area (Å²) in [4.78, 5) is 15.7. The van der Waals surface area contributed by atoms with Crippen molar-refractivity contribution in [1.29, 1.82) is 0 Å². The third-order valence-electron chi connectivity index (χ3n) is 2.18. The van der Waals surface area contributed by atoms with Gasteiger partial charge in [0.05, 0.1) is 6.33 Å². The molecule has 0 atom stereocenters. The molecule has 2 heterocycles. The minimum Gasteiger partial charge on any atom is -0.345 e. The van der Waals surface area contributed by atoms with Gasteiger partial charge in [-0.1, -0.05) is 0 Å². The maximum absolute atomic E-state index is 10.1. The molecule has 78 valence electrons. The number of likely N-dealkylation sites (tertiary alicyclic amines) is 1. The number of carbonyl (C=O) groups excluding carboxylic acids is 1. The maximum Gasteiger partial charge on any atom is 0.209 e. The van der Waals surface area contributed by atoms with Crippen molar-refractivity contribution >= 4 is 6.41 Å². The van der Waals surface area contributed by atoms with Crippen LogP contribution in [0, 0.1) is 0 Å². The summed E-state index contributed by atoms with van der Waals surface area (Å²) in [5.41, 5.74) is 0. The zero-order chi connectivity index (χ0) is 10.2. The second kappa shape index (κ2) is 6.18. The van der Waals surface area contributed by atoms with E-state index in [0.29, 0.717) is 0 Å². The molecule has 1 aromatic rings. The topological polar surface area (TPSA) is 38.1 Å². The van der Waals surface area contributed by atoms with Crippen molar-refractivity contribution in [2.45, 2.75) is 19.3 Å². The number of rotatable bonds is 1. The summed E-state index contributed by atoms with van der Waals surface area (Å²) >= 11 is 0. The smallest absolute Gasteiger partial charge is 0.209 e. The van der Waals surface area contributed by atoms with Crippen molar-refractivity contribution in [1.82, 2.24) is 14.5 Å². The monoisotopic (exact) mass is 195 g/mol. The molecule has 1 aromatic heterocycles. The third kappa shape index (κ3) is 4.07. The van der Waals surface area contributed by atoms with Crippen LogP contribution in [0.2, 0.25) is 0 Å². The van der Waals surface area contributed by atoms with Crippen LogP contribution >= 0.6 is 0 Å². The first-order valence-electron chi connectivity index (χ1n) is 4.94. The molecule has 1 amide bonds. The Labute approximate surface area is 84.5 Å². The molecule has 1 saturated heterocycles. The summed E-state index contributed by atoms with van der Waals surface area (Å²) < 4.78 is 1.89. The van der Waals surface area contributed by atoms with E-state index < -0.39 is 0 Å². The number of imidazole rings is 1. The quantitative estimate of drug-likeness (QED) is 0.628. The van der Waals surface area contributed by atoms with Crippen LogP contribution < -0.4 is 0 Å². The summed E-state index contributed by atoms with van der Waals surface area (Å²) in [5.74, 6) is 0. The Kier molecular flexibility index (Phi) is 4.75. The number of hydrogen-bond donors (Lipinski definition) is 0. The number of aryl methyl sites for hydroxylation is 1. The van der Waals surface area contributed by atoms with E-state index in [1.54, 1.807) is 12.5 Å². The summed E-state index contributed by atoms with van der Waals surface area (Å²) in [5, 5.41) is 0. The van der Waals surface area contributed by atoms with E-state index in [1.165, 1.54) is 19.3 Å². The average molecular weight is 195 g/mol. The van der Waals surface area contributed by atoms with Gasteiger partial charge in [-0.25, -0.2) is 4.98 Å². The standard InChI is InChI=1S/C6H11NO.C4H6N2/c8-6-7-4-2-1-3-5-7;1-6-3-2-5-4-6/h6H,1-5H2;2-4H,1H3. The summed E-state index contributed by atoms with van der Waals surface area (Å²) in [6.45, 7) is 1.95. The van der Waals surface area contributed by atoms with Gasteiger partial charge in [-0.15, -0.1) is 0 Å². The highest BCUT2D eigenvalue weighted by molar-refractivity contribution is 5.46. The van der Waals surface area contributed by atoms with Crippen LogP contribution in [0.25, 0.3) is 0 Å². The lowest BCUT2D eigenvalue weighted by atomic mass is 10.1. The Bertz CT molecular complexity index is 240. The lowest BCUT2D eigenvalue weighted by Gasteiger charge is -2.21. The first-order chi connectivity index (χ1) is 6.83. The van der Waals surface area contributed by atoms with Gasteiger partial charge in [-0.05, 0) is 19.3 Å². The summed E-state index contributed by atoms with van der Waals surface area (Å²) in [7, 11) is 1.94. The normalized spacial score (nSPS) is 15.6. The molecule has 0 aromatic carbocycles. The fourth-order valence-electron chi connectivity index (χ4n) is 1.35. The molecular weight excluding hydrogens is 178 g/mol. The highest BCUT2D eigenvalue weighted by atomic mass is 16.1. The van der Waals surface area contributed by atoms with Gasteiger partial charge in [0.25, 0.3) is 0 Å². The lowest BCUT2D eigenvalue weighted by molar-refractivity contribution is -0.118. The molecule has 2 rings (SSSR count). The van der Waals surface area contributed by atoms with Crippen molar-refractivity contribution in [2.75, 3.05) is 13.1 Å². The van der Waals surface area contributed by atoms with Crippen LogP contribution in [0.4, 0.5) is 0 Å². The number of aromatic nitrogens is 2. The minimum absolute atomic E-state index is 0.944. The molecule has 0 spiro atoms. The van der Waals surface area contributed by atoms with Gasteiger partial charge in [0.2, 0.25) is 6.41 Å². The second-order valence-electron chi connectivity index (χ2n) is 3.43. The predicted octanol–water partition coefficient (Wildman–Crippen LogP) is 1.05. The molecule has 1 aliphatic heterocycles. The van der Waals surface area contributed by atoms with E-state index >= 15 is 0 Å². The van der Waals surface area contributed by atoms with Gasteiger partial charge in [0.1, 0.15) is 0 Å². The molecule has 0 bridgehead atoms. The van der Waals surface area contributed by atoms with Gasteiger partial charge in [-0.2, -0.15) is 0 Å². The fourth-order valence-corrected chi connectivity index (χ4v) is 1.35. The first kappa shape index (κ1) is 10.8. The van der Waals surface area contributed by atoms with Crippen molar-refractivity contribution in [3.63, 3.8) is 0 Å². The highest BCUT2D eigenvalue weighted by Crippen LogP contribution is 2.05. The number of hydrogen-bond acceptors (Lipinski definition) is 2. The molecule has 0 aliphatic carbocycles. The molecule has 1 fully saturated rings. The number of nitrogens with zero attached hydrogens (tertiary/aromatic N) is 3. The van der Waals surface area contributed by atoms with Crippen molar-refractivity contribution < 1.29 is 4.79 Å². The lowest BCUT2D eigenvalue weighted by Crippen LogP contribution is -2.27. The van der Waals surface area contributed by atoms with E-state index in [1.807, 2.05) is 22.7 Å². The summed E-state index contributed by atoms with van der Waals surface area (Å²) in [6.07, 6.45) is 10.0. The highest BCUT2D eigenvalue weighted by Gasteiger charge is 2.05. The maximum atomic E-state index is 10.1. The molecule has 0 saturated carbocycles. The average Bonchev–Trinajstić information content (AvgIpc) is 2.71. The van der Waals surface area contributed by atoms with E-state index in [-0.39, 0.29) is 0 Å². The van der Waals surface area contributed by atoms with Crippen molar-refractivity contribution in [3.8, 4) is 0 Å². The van der Waals surface area contributed by atoms with E-state index in [4.69, 9.17) is 0 Å².